The molecular weight excluding hydrogens is 349 g/mol. The van der Waals surface area contributed by atoms with E-state index in [0.29, 0.717) is 10.7 Å². The van der Waals surface area contributed by atoms with Crippen LogP contribution in [-0.2, 0) is 14.4 Å². The zero-order chi connectivity index (χ0) is 18.4. The molecule has 0 aliphatic rings. The molecule has 0 bridgehead atoms. The molecule has 2 aromatic carbocycles. The Morgan fingerprint density at radius 1 is 0.960 bits per heavy atom. The van der Waals surface area contributed by atoms with Crippen LogP contribution < -0.4 is 16.0 Å². The van der Waals surface area contributed by atoms with E-state index in [1.165, 1.54) is 12.1 Å². The lowest BCUT2D eigenvalue weighted by molar-refractivity contribution is -0.136. The van der Waals surface area contributed by atoms with Crippen LogP contribution in [0.15, 0.2) is 42.5 Å². The number of halogens is 2. The van der Waals surface area contributed by atoms with Crippen LogP contribution in [0, 0.1) is 12.7 Å². The summed E-state index contributed by atoms with van der Waals surface area (Å²) < 4.78 is 12.8. The van der Waals surface area contributed by atoms with E-state index in [1.807, 2.05) is 6.92 Å². The van der Waals surface area contributed by atoms with Gasteiger partial charge in [-0.15, -0.1) is 0 Å². The minimum atomic E-state index is -0.985. The van der Waals surface area contributed by atoms with Gasteiger partial charge in [-0.1, -0.05) is 17.7 Å². The van der Waals surface area contributed by atoms with Gasteiger partial charge in [-0.05, 0) is 48.9 Å². The summed E-state index contributed by atoms with van der Waals surface area (Å²) in [6.07, 6.45) is 0. The van der Waals surface area contributed by atoms with Crippen molar-refractivity contribution in [1.29, 1.82) is 0 Å². The fourth-order valence-corrected chi connectivity index (χ4v) is 2.02. The highest BCUT2D eigenvalue weighted by atomic mass is 35.5. The molecule has 8 heteroatoms. The minimum absolute atomic E-state index is 0.264. The van der Waals surface area contributed by atoms with Crippen molar-refractivity contribution < 1.29 is 18.8 Å². The number of amides is 3. The fourth-order valence-electron chi connectivity index (χ4n) is 1.84. The minimum Gasteiger partial charge on any atom is -0.339 e. The third-order valence-electron chi connectivity index (χ3n) is 3.17. The highest BCUT2D eigenvalue weighted by molar-refractivity contribution is 6.40. The van der Waals surface area contributed by atoms with E-state index < -0.39 is 23.5 Å². The summed E-state index contributed by atoms with van der Waals surface area (Å²) >= 11 is 5.96. The second-order valence-electron chi connectivity index (χ2n) is 5.16. The van der Waals surface area contributed by atoms with E-state index in [-0.39, 0.29) is 12.2 Å². The molecule has 0 unspecified atom stereocenters. The Morgan fingerprint density at radius 2 is 1.60 bits per heavy atom. The molecule has 0 heterocycles. The number of nitrogens with one attached hydrogen (secondary N) is 3. The van der Waals surface area contributed by atoms with Crippen LogP contribution in [-0.4, -0.2) is 24.3 Å². The number of anilines is 2. The van der Waals surface area contributed by atoms with Crippen LogP contribution >= 0.6 is 11.6 Å². The zero-order valence-corrected chi connectivity index (χ0v) is 14.0. The van der Waals surface area contributed by atoms with E-state index in [0.717, 1.165) is 17.7 Å². The maximum atomic E-state index is 12.8. The lowest BCUT2D eigenvalue weighted by Gasteiger charge is -2.08. The van der Waals surface area contributed by atoms with Crippen molar-refractivity contribution in [3.8, 4) is 0 Å². The Kier molecular flexibility index (Phi) is 6.08. The predicted molar refractivity (Wildman–Crippen MR) is 92.9 cm³/mol. The average molecular weight is 364 g/mol. The molecule has 0 saturated carbocycles. The molecule has 0 atom stereocenters. The van der Waals surface area contributed by atoms with E-state index in [9.17, 15) is 18.8 Å². The van der Waals surface area contributed by atoms with Crippen molar-refractivity contribution in [3.05, 3.63) is 58.9 Å². The van der Waals surface area contributed by atoms with Crippen LogP contribution in [0.1, 0.15) is 5.56 Å². The van der Waals surface area contributed by atoms with Crippen molar-refractivity contribution in [2.75, 3.05) is 17.2 Å². The lowest BCUT2D eigenvalue weighted by atomic mass is 10.2. The monoisotopic (exact) mass is 363 g/mol. The summed E-state index contributed by atoms with van der Waals surface area (Å²) in [5.74, 6) is -2.92. The number of hydrogen-bond donors (Lipinski definition) is 3. The van der Waals surface area contributed by atoms with Crippen molar-refractivity contribution in [3.63, 3.8) is 0 Å². The first-order valence-corrected chi connectivity index (χ1v) is 7.63. The molecule has 3 amide bonds. The normalized spacial score (nSPS) is 10.0. The second kappa shape index (κ2) is 8.25. The van der Waals surface area contributed by atoms with E-state index in [1.54, 1.807) is 18.2 Å². The first-order chi connectivity index (χ1) is 11.8. The van der Waals surface area contributed by atoms with Crippen molar-refractivity contribution >= 4 is 40.7 Å². The number of carbonyl (C=O) groups excluding carboxylic acids is 3. The third kappa shape index (κ3) is 5.58. The molecule has 0 aliphatic carbocycles. The first kappa shape index (κ1) is 18.4. The van der Waals surface area contributed by atoms with Gasteiger partial charge in [0.1, 0.15) is 5.82 Å². The Bertz CT molecular complexity index is 809. The fraction of sp³-hybridized carbons (Fsp3) is 0.118. The van der Waals surface area contributed by atoms with Gasteiger partial charge in [0.05, 0.1) is 6.54 Å². The molecule has 130 valence electrons. The molecule has 0 fully saturated rings. The van der Waals surface area contributed by atoms with Gasteiger partial charge in [-0.25, -0.2) is 4.39 Å². The summed E-state index contributed by atoms with van der Waals surface area (Å²) in [5, 5.41) is 7.53. The summed E-state index contributed by atoms with van der Waals surface area (Å²) in [6.45, 7) is 1.44. The number of benzene rings is 2. The van der Waals surface area contributed by atoms with E-state index in [2.05, 4.69) is 16.0 Å². The number of hydrogen-bond acceptors (Lipinski definition) is 3. The Balaban J connectivity index is 1.81. The van der Waals surface area contributed by atoms with Crippen LogP contribution in [0.3, 0.4) is 0 Å². The van der Waals surface area contributed by atoms with Gasteiger partial charge in [0.2, 0.25) is 5.91 Å². The summed E-state index contributed by atoms with van der Waals surface area (Å²) in [4.78, 5) is 35.1. The van der Waals surface area contributed by atoms with Gasteiger partial charge < -0.3 is 16.0 Å². The molecular formula is C17H15ClFN3O3. The van der Waals surface area contributed by atoms with Crippen LogP contribution in [0.5, 0.6) is 0 Å². The lowest BCUT2D eigenvalue weighted by Crippen LogP contribution is -2.39. The summed E-state index contributed by atoms with van der Waals surface area (Å²) in [6, 6.07) is 9.91. The predicted octanol–water partition coefficient (Wildman–Crippen LogP) is 2.48. The van der Waals surface area contributed by atoms with Crippen molar-refractivity contribution in [2.24, 2.45) is 0 Å². The maximum Gasteiger partial charge on any atom is 0.313 e. The second-order valence-corrected chi connectivity index (χ2v) is 5.56. The molecule has 2 rings (SSSR count). The molecule has 0 saturated heterocycles. The topological polar surface area (TPSA) is 87.3 Å². The smallest absolute Gasteiger partial charge is 0.313 e. The van der Waals surface area contributed by atoms with Crippen molar-refractivity contribution in [1.82, 2.24) is 5.32 Å². The molecule has 6 nitrogen and oxygen atoms in total. The third-order valence-corrected chi connectivity index (χ3v) is 3.58. The highest BCUT2D eigenvalue weighted by Gasteiger charge is 2.15. The highest BCUT2D eigenvalue weighted by Crippen LogP contribution is 2.19. The average Bonchev–Trinajstić information content (AvgIpc) is 2.58. The van der Waals surface area contributed by atoms with Gasteiger partial charge in [0.25, 0.3) is 0 Å². The maximum absolute atomic E-state index is 12.8. The van der Waals surface area contributed by atoms with E-state index in [4.69, 9.17) is 11.6 Å². The van der Waals surface area contributed by atoms with Gasteiger partial charge in [0.15, 0.2) is 0 Å². The molecule has 0 spiro atoms. The standard InChI is InChI=1S/C17H15ClFN3O3/c1-10-2-5-13(8-14(10)18)21-15(23)9-20-16(24)17(25)22-12-6-3-11(19)4-7-12/h2-8H,9H2,1H3,(H,20,24)(H,21,23)(H,22,25). The Morgan fingerprint density at radius 3 is 2.24 bits per heavy atom. The van der Waals surface area contributed by atoms with Crippen LogP contribution in [0.2, 0.25) is 5.02 Å². The molecule has 2 aromatic rings. The summed E-state index contributed by atoms with van der Waals surface area (Å²) in [7, 11) is 0. The molecule has 0 aliphatic heterocycles. The largest absolute Gasteiger partial charge is 0.339 e. The van der Waals surface area contributed by atoms with Crippen LogP contribution in [0.25, 0.3) is 0 Å². The quantitative estimate of drug-likeness (QED) is 0.729. The number of rotatable bonds is 4. The SMILES string of the molecule is Cc1ccc(NC(=O)CNC(=O)C(=O)Nc2ccc(F)cc2)cc1Cl. The number of aryl methyl sites for hydroxylation is 1. The Hall–Kier alpha value is -2.93. The first-order valence-electron chi connectivity index (χ1n) is 7.26. The van der Waals surface area contributed by atoms with Crippen molar-refractivity contribution in [2.45, 2.75) is 6.92 Å². The van der Waals surface area contributed by atoms with Gasteiger partial charge in [-0.2, -0.15) is 0 Å². The van der Waals surface area contributed by atoms with Gasteiger partial charge in [0, 0.05) is 16.4 Å². The Labute approximate surface area is 148 Å². The number of carbonyl (C=O) groups is 3. The molecule has 25 heavy (non-hydrogen) atoms. The van der Waals surface area contributed by atoms with Gasteiger partial charge >= 0.3 is 11.8 Å². The van der Waals surface area contributed by atoms with E-state index >= 15 is 0 Å². The van der Waals surface area contributed by atoms with Gasteiger partial charge in [-0.3, -0.25) is 14.4 Å². The molecule has 0 radical (unpaired) electrons. The molecule has 0 aromatic heterocycles. The zero-order valence-electron chi connectivity index (χ0n) is 13.2. The molecule has 3 N–H and O–H groups in total. The summed E-state index contributed by atoms with van der Waals surface area (Å²) in [5.41, 5.74) is 1.61. The van der Waals surface area contributed by atoms with Crippen LogP contribution in [0.4, 0.5) is 15.8 Å².